The summed E-state index contributed by atoms with van der Waals surface area (Å²) in [4.78, 5) is 16.6. The highest BCUT2D eigenvalue weighted by Gasteiger charge is 2.23. The summed E-state index contributed by atoms with van der Waals surface area (Å²) in [6.45, 7) is 10.8. The monoisotopic (exact) mass is 307 g/mol. The quantitative estimate of drug-likeness (QED) is 0.725. The van der Waals surface area contributed by atoms with Crippen LogP contribution in [0.2, 0.25) is 0 Å². The largest absolute Gasteiger partial charge is 0.396 e. The van der Waals surface area contributed by atoms with Crippen LogP contribution in [-0.2, 0) is 0 Å². The zero-order valence-corrected chi connectivity index (χ0v) is 14.3. The Morgan fingerprint density at radius 3 is 2.64 bits per heavy atom. The first-order valence-corrected chi connectivity index (χ1v) is 7.83. The molecule has 1 rings (SSSR count). The molecule has 0 spiro atoms. The number of aromatic nitrogens is 1. The molecule has 1 aromatic heterocycles. The number of hydrogen-bond acceptors (Lipinski definition) is 3. The Bertz CT molecular complexity index is 487. The lowest BCUT2D eigenvalue weighted by Gasteiger charge is -2.27. The van der Waals surface area contributed by atoms with Gasteiger partial charge in [0, 0.05) is 19.3 Å². The topological polar surface area (TPSA) is 74.2 Å². The highest BCUT2D eigenvalue weighted by atomic mass is 16.3. The Hall–Kier alpha value is -1.62. The minimum Gasteiger partial charge on any atom is -0.396 e. The zero-order chi connectivity index (χ0) is 16.8. The number of aryl methyl sites for hydroxylation is 1. The Balaban J connectivity index is 2.69. The molecule has 0 aliphatic carbocycles. The number of urea groups is 1. The molecule has 1 unspecified atom stereocenters. The summed E-state index contributed by atoms with van der Waals surface area (Å²) in [5.74, 6) is 0.241. The van der Waals surface area contributed by atoms with Crippen molar-refractivity contribution in [3.05, 3.63) is 29.6 Å². The fraction of sp³-hybridized carbons (Fsp3) is 0.647. The molecule has 0 fully saturated rings. The van der Waals surface area contributed by atoms with E-state index in [1.54, 1.807) is 6.20 Å². The van der Waals surface area contributed by atoms with Crippen molar-refractivity contribution in [1.29, 1.82) is 0 Å². The number of aliphatic hydroxyl groups excluding tert-OH is 1. The number of amides is 2. The van der Waals surface area contributed by atoms with Crippen molar-refractivity contribution < 1.29 is 9.90 Å². The molecule has 5 nitrogen and oxygen atoms in total. The maximum Gasteiger partial charge on any atom is 0.315 e. The van der Waals surface area contributed by atoms with Gasteiger partial charge in [0.1, 0.15) is 0 Å². The van der Waals surface area contributed by atoms with Gasteiger partial charge >= 0.3 is 6.03 Å². The second-order valence-electron chi connectivity index (χ2n) is 6.89. The summed E-state index contributed by atoms with van der Waals surface area (Å²) in [6.07, 6.45) is 2.40. The van der Waals surface area contributed by atoms with E-state index in [9.17, 15) is 4.79 Å². The molecule has 1 atom stereocenters. The minimum absolute atomic E-state index is 0.123. The molecule has 2 amide bonds. The van der Waals surface area contributed by atoms with Gasteiger partial charge < -0.3 is 15.7 Å². The van der Waals surface area contributed by atoms with Crippen LogP contribution in [0.25, 0.3) is 0 Å². The molecule has 1 heterocycles. The number of rotatable bonds is 7. The molecule has 0 saturated carbocycles. The van der Waals surface area contributed by atoms with Crippen LogP contribution in [0.1, 0.15) is 51.4 Å². The van der Waals surface area contributed by atoms with Crippen LogP contribution >= 0.6 is 0 Å². The van der Waals surface area contributed by atoms with E-state index in [0.29, 0.717) is 13.0 Å². The highest BCUT2D eigenvalue weighted by Crippen LogP contribution is 2.22. The van der Waals surface area contributed by atoms with Crippen LogP contribution in [-0.4, -0.2) is 29.3 Å². The molecular formula is C17H29N3O2. The van der Waals surface area contributed by atoms with Crippen LogP contribution in [0.4, 0.5) is 4.79 Å². The molecule has 124 valence electrons. The standard InChI is InChI=1S/C17H29N3O2/c1-12(2)14(15-13(3)7-6-9-18-15)20-16(22)19-11-17(4,5)8-10-21/h6-7,9,12,14,21H,8,10-11H2,1-5H3,(H2,19,20,22). The summed E-state index contributed by atoms with van der Waals surface area (Å²) in [6, 6.07) is 3.58. The van der Waals surface area contributed by atoms with E-state index in [1.807, 2.05) is 32.9 Å². The van der Waals surface area contributed by atoms with Gasteiger partial charge in [0.05, 0.1) is 11.7 Å². The molecule has 0 bridgehead atoms. The van der Waals surface area contributed by atoms with Crippen LogP contribution < -0.4 is 10.6 Å². The zero-order valence-electron chi connectivity index (χ0n) is 14.3. The van der Waals surface area contributed by atoms with Gasteiger partial charge in [-0.15, -0.1) is 0 Å². The molecule has 22 heavy (non-hydrogen) atoms. The molecule has 3 N–H and O–H groups in total. The maximum atomic E-state index is 12.2. The average Bonchev–Trinajstić information content (AvgIpc) is 2.43. The van der Waals surface area contributed by atoms with Gasteiger partial charge in [-0.05, 0) is 36.3 Å². The highest BCUT2D eigenvalue weighted by molar-refractivity contribution is 5.74. The predicted molar refractivity (Wildman–Crippen MR) is 88.6 cm³/mol. The number of hydrogen-bond donors (Lipinski definition) is 3. The van der Waals surface area contributed by atoms with Crippen molar-refractivity contribution >= 4 is 6.03 Å². The molecule has 0 aliphatic rings. The number of carbonyl (C=O) groups is 1. The van der Waals surface area contributed by atoms with Gasteiger partial charge in [0.2, 0.25) is 0 Å². The van der Waals surface area contributed by atoms with Crippen molar-refractivity contribution in [2.75, 3.05) is 13.2 Å². The maximum absolute atomic E-state index is 12.2. The molecule has 0 radical (unpaired) electrons. The third-order valence-electron chi connectivity index (χ3n) is 3.81. The second-order valence-corrected chi connectivity index (χ2v) is 6.89. The summed E-state index contributed by atoms with van der Waals surface area (Å²) in [5.41, 5.74) is 1.85. The lowest BCUT2D eigenvalue weighted by atomic mass is 9.90. The lowest BCUT2D eigenvalue weighted by Crippen LogP contribution is -2.43. The van der Waals surface area contributed by atoms with Crippen LogP contribution in [0.5, 0.6) is 0 Å². The van der Waals surface area contributed by atoms with Gasteiger partial charge in [0.15, 0.2) is 0 Å². The molecule has 0 saturated heterocycles. The third kappa shape index (κ3) is 5.64. The number of pyridine rings is 1. The first-order chi connectivity index (χ1) is 10.3. The normalized spacial score (nSPS) is 13.0. The first kappa shape index (κ1) is 18.4. The summed E-state index contributed by atoms with van der Waals surface area (Å²) in [7, 11) is 0. The Morgan fingerprint density at radius 2 is 2.09 bits per heavy atom. The van der Waals surface area contributed by atoms with E-state index in [4.69, 9.17) is 5.11 Å². The molecular weight excluding hydrogens is 278 g/mol. The van der Waals surface area contributed by atoms with Crippen LogP contribution in [0, 0.1) is 18.3 Å². The van der Waals surface area contributed by atoms with E-state index < -0.39 is 0 Å². The molecule has 0 aliphatic heterocycles. The molecule has 1 aromatic rings. The van der Waals surface area contributed by atoms with E-state index in [1.165, 1.54) is 0 Å². The summed E-state index contributed by atoms with van der Waals surface area (Å²) in [5, 5.41) is 14.9. The Morgan fingerprint density at radius 1 is 1.41 bits per heavy atom. The number of nitrogens with zero attached hydrogens (tertiary/aromatic N) is 1. The predicted octanol–water partition coefficient (Wildman–Crippen LogP) is 2.79. The Kier molecular flexibility index (Phi) is 6.81. The fourth-order valence-electron chi connectivity index (χ4n) is 2.28. The molecule has 5 heteroatoms. The van der Waals surface area contributed by atoms with Crippen molar-refractivity contribution in [3.8, 4) is 0 Å². The summed E-state index contributed by atoms with van der Waals surface area (Å²) < 4.78 is 0. The average molecular weight is 307 g/mol. The van der Waals surface area contributed by atoms with Crippen LogP contribution in [0.15, 0.2) is 18.3 Å². The van der Waals surface area contributed by atoms with E-state index >= 15 is 0 Å². The Labute approximate surface area is 133 Å². The van der Waals surface area contributed by atoms with Crippen molar-refractivity contribution in [2.24, 2.45) is 11.3 Å². The number of aliphatic hydroxyl groups is 1. The first-order valence-electron chi connectivity index (χ1n) is 7.83. The number of carbonyl (C=O) groups excluding carboxylic acids is 1. The minimum atomic E-state index is -0.199. The summed E-state index contributed by atoms with van der Waals surface area (Å²) >= 11 is 0. The van der Waals surface area contributed by atoms with Gasteiger partial charge in [-0.3, -0.25) is 4.98 Å². The van der Waals surface area contributed by atoms with Crippen LogP contribution in [0.3, 0.4) is 0 Å². The smallest absolute Gasteiger partial charge is 0.315 e. The van der Waals surface area contributed by atoms with Gasteiger partial charge in [-0.2, -0.15) is 0 Å². The van der Waals surface area contributed by atoms with Crippen molar-refractivity contribution in [2.45, 2.75) is 47.1 Å². The van der Waals surface area contributed by atoms with E-state index in [0.717, 1.165) is 11.3 Å². The second kappa shape index (κ2) is 8.13. The number of nitrogens with one attached hydrogen (secondary N) is 2. The SMILES string of the molecule is Cc1cccnc1C(NC(=O)NCC(C)(C)CCO)C(C)C. The van der Waals surface area contributed by atoms with Crippen molar-refractivity contribution in [3.63, 3.8) is 0 Å². The lowest BCUT2D eigenvalue weighted by molar-refractivity contribution is 0.199. The van der Waals surface area contributed by atoms with Crippen molar-refractivity contribution in [1.82, 2.24) is 15.6 Å². The van der Waals surface area contributed by atoms with E-state index in [2.05, 4.69) is 29.5 Å². The molecule has 0 aromatic carbocycles. The van der Waals surface area contributed by atoms with E-state index in [-0.39, 0.29) is 30.0 Å². The fourth-order valence-corrected chi connectivity index (χ4v) is 2.28. The van der Waals surface area contributed by atoms with Gasteiger partial charge in [-0.1, -0.05) is 33.8 Å². The van der Waals surface area contributed by atoms with Gasteiger partial charge in [-0.25, -0.2) is 4.79 Å². The third-order valence-corrected chi connectivity index (χ3v) is 3.81. The van der Waals surface area contributed by atoms with Gasteiger partial charge in [0.25, 0.3) is 0 Å².